The van der Waals surface area contributed by atoms with Gasteiger partial charge in [-0.05, 0) is 31.4 Å². The summed E-state index contributed by atoms with van der Waals surface area (Å²) in [6, 6.07) is 4.41. The topological polar surface area (TPSA) is 110 Å². The SMILES string of the molecule is Cc1ccc(NC(=O)[C@H]2CC(Cl)=CC[C@H]2C(=O)O)c([N+](=O)[O-])c1. The summed E-state index contributed by atoms with van der Waals surface area (Å²) in [6.45, 7) is 1.70. The molecular formula is C15H15ClN2O5. The fourth-order valence-electron chi connectivity index (χ4n) is 2.53. The van der Waals surface area contributed by atoms with E-state index in [0.29, 0.717) is 10.6 Å². The van der Waals surface area contributed by atoms with E-state index in [4.69, 9.17) is 11.6 Å². The molecule has 0 radical (unpaired) electrons. The van der Waals surface area contributed by atoms with Crippen LogP contribution in [0.3, 0.4) is 0 Å². The summed E-state index contributed by atoms with van der Waals surface area (Å²) in [4.78, 5) is 34.2. The highest BCUT2D eigenvalue weighted by molar-refractivity contribution is 6.29. The van der Waals surface area contributed by atoms with Crippen molar-refractivity contribution in [3.05, 3.63) is 45.0 Å². The van der Waals surface area contributed by atoms with Crippen LogP contribution in [-0.4, -0.2) is 21.9 Å². The van der Waals surface area contributed by atoms with Crippen LogP contribution in [0.25, 0.3) is 0 Å². The molecule has 0 saturated carbocycles. The van der Waals surface area contributed by atoms with Crippen LogP contribution in [0.1, 0.15) is 18.4 Å². The number of nitro benzene ring substituents is 1. The second-order valence-corrected chi connectivity index (χ2v) is 5.89. The van der Waals surface area contributed by atoms with Gasteiger partial charge in [0.15, 0.2) is 0 Å². The Kier molecular flexibility index (Phi) is 5.00. The lowest BCUT2D eigenvalue weighted by Crippen LogP contribution is -2.35. The summed E-state index contributed by atoms with van der Waals surface area (Å²) >= 11 is 5.91. The van der Waals surface area contributed by atoms with Crippen LogP contribution < -0.4 is 5.32 Å². The van der Waals surface area contributed by atoms with Gasteiger partial charge in [0, 0.05) is 11.1 Å². The van der Waals surface area contributed by atoms with Crippen LogP contribution in [0, 0.1) is 28.9 Å². The minimum Gasteiger partial charge on any atom is -0.481 e. The standard InChI is InChI=1S/C15H15ClN2O5/c1-8-2-5-12(13(6-8)18(22)23)17-14(19)11-7-9(16)3-4-10(11)15(20)21/h2-3,5-6,10-11H,4,7H2,1H3,(H,17,19)(H,20,21)/t10-,11+/m1/s1. The largest absolute Gasteiger partial charge is 0.481 e. The van der Waals surface area contributed by atoms with E-state index >= 15 is 0 Å². The Hall–Kier alpha value is -2.41. The molecule has 1 aliphatic rings. The van der Waals surface area contributed by atoms with Crippen molar-refractivity contribution in [2.45, 2.75) is 19.8 Å². The first-order valence-corrected chi connectivity index (χ1v) is 7.30. The summed E-state index contributed by atoms with van der Waals surface area (Å²) < 4.78 is 0. The molecule has 2 atom stereocenters. The Balaban J connectivity index is 2.26. The van der Waals surface area contributed by atoms with Gasteiger partial charge in [-0.1, -0.05) is 23.7 Å². The third-order valence-electron chi connectivity index (χ3n) is 3.76. The number of hydrogen-bond donors (Lipinski definition) is 2. The number of rotatable bonds is 4. The smallest absolute Gasteiger partial charge is 0.307 e. The molecule has 0 fully saturated rings. The fourth-order valence-corrected chi connectivity index (χ4v) is 2.78. The molecule has 122 valence electrons. The van der Waals surface area contributed by atoms with Gasteiger partial charge in [0.05, 0.1) is 16.8 Å². The molecule has 1 aromatic carbocycles. The molecule has 2 N–H and O–H groups in total. The molecule has 0 spiro atoms. The first-order chi connectivity index (χ1) is 10.8. The van der Waals surface area contributed by atoms with Crippen LogP contribution in [-0.2, 0) is 9.59 Å². The number of benzene rings is 1. The number of nitrogens with zero attached hydrogens (tertiary/aromatic N) is 1. The van der Waals surface area contributed by atoms with Gasteiger partial charge in [0.2, 0.25) is 5.91 Å². The van der Waals surface area contributed by atoms with E-state index in [2.05, 4.69) is 5.32 Å². The van der Waals surface area contributed by atoms with Crippen LogP contribution >= 0.6 is 11.6 Å². The summed E-state index contributed by atoms with van der Waals surface area (Å²) in [5.74, 6) is -3.45. The average Bonchev–Trinajstić information content (AvgIpc) is 2.48. The highest BCUT2D eigenvalue weighted by atomic mass is 35.5. The number of nitrogens with one attached hydrogen (secondary N) is 1. The van der Waals surface area contributed by atoms with E-state index in [0.717, 1.165) is 0 Å². The van der Waals surface area contributed by atoms with Crippen molar-refractivity contribution in [1.82, 2.24) is 0 Å². The number of nitro groups is 1. The fraction of sp³-hybridized carbons (Fsp3) is 0.333. The third kappa shape index (κ3) is 3.87. The minimum atomic E-state index is -1.09. The number of aliphatic carboxylic acids is 1. The molecule has 1 aromatic rings. The number of aryl methyl sites for hydroxylation is 1. The monoisotopic (exact) mass is 338 g/mol. The summed E-state index contributed by atoms with van der Waals surface area (Å²) in [5, 5.41) is 23.2. The van der Waals surface area contributed by atoms with E-state index in [1.54, 1.807) is 19.1 Å². The molecule has 23 heavy (non-hydrogen) atoms. The van der Waals surface area contributed by atoms with Crippen molar-refractivity contribution in [2.24, 2.45) is 11.8 Å². The zero-order valence-corrected chi connectivity index (χ0v) is 13.0. The van der Waals surface area contributed by atoms with E-state index in [1.165, 1.54) is 12.1 Å². The number of allylic oxidation sites excluding steroid dienone is 2. The minimum absolute atomic E-state index is 0.0421. The van der Waals surface area contributed by atoms with Gasteiger partial charge in [-0.25, -0.2) is 0 Å². The molecule has 0 aromatic heterocycles. The molecule has 1 amide bonds. The van der Waals surface area contributed by atoms with Gasteiger partial charge in [0.25, 0.3) is 5.69 Å². The first kappa shape index (κ1) is 17.0. The van der Waals surface area contributed by atoms with Crippen LogP contribution in [0.15, 0.2) is 29.3 Å². The quantitative estimate of drug-likeness (QED) is 0.647. The molecule has 1 aliphatic carbocycles. The maximum Gasteiger partial charge on any atom is 0.307 e. The maximum absolute atomic E-state index is 12.4. The molecular weight excluding hydrogens is 324 g/mol. The molecule has 0 saturated heterocycles. The van der Waals surface area contributed by atoms with E-state index in [9.17, 15) is 24.8 Å². The number of hydrogen-bond acceptors (Lipinski definition) is 4. The zero-order chi connectivity index (χ0) is 17.1. The number of carboxylic acids is 1. The Morgan fingerprint density at radius 2 is 2.09 bits per heavy atom. The Labute approximate surface area is 137 Å². The second kappa shape index (κ2) is 6.78. The van der Waals surface area contributed by atoms with Crippen molar-refractivity contribution < 1.29 is 19.6 Å². The van der Waals surface area contributed by atoms with Crippen LogP contribution in [0.4, 0.5) is 11.4 Å². The van der Waals surface area contributed by atoms with Crippen molar-refractivity contribution >= 4 is 34.9 Å². The molecule has 8 heteroatoms. The number of anilines is 1. The zero-order valence-electron chi connectivity index (χ0n) is 12.3. The summed E-state index contributed by atoms with van der Waals surface area (Å²) in [5.41, 5.74) is 0.491. The van der Waals surface area contributed by atoms with Crippen molar-refractivity contribution in [3.63, 3.8) is 0 Å². The van der Waals surface area contributed by atoms with E-state index in [1.807, 2.05) is 0 Å². The predicted molar refractivity (Wildman–Crippen MR) is 84.2 cm³/mol. The molecule has 0 unspecified atom stereocenters. The van der Waals surface area contributed by atoms with Crippen molar-refractivity contribution in [3.8, 4) is 0 Å². The normalized spacial score (nSPS) is 20.5. The van der Waals surface area contributed by atoms with Crippen LogP contribution in [0.2, 0.25) is 0 Å². The van der Waals surface area contributed by atoms with Gasteiger partial charge in [0.1, 0.15) is 5.69 Å². The lowest BCUT2D eigenvalue weighted by molar-refractivity contribution is -0.384. The number of carbonyl (C=O) groups excluding carboxylic acids is 1. The molecule has 0 aliphatic heterocycles. The van der Waals surface area contributed by atoms with Crippen LogP contribution in [0.5, 0.6) is 0 Å². The molecule has 0 bridgehead atoms. The second-order valence-electron chi connectivity index (χ2n) is 5.41. The first-order valence-electron chi connectivity index (χ1n) is 6.93. The van der Waals surface area contributed by atoms with Crippen molar-refractivity contribution in [1.29, 1.82) is 0 Å². The number of halogens is 1. The highest BCUT2D eigenvalue weighted by Crippen LogP contribution is 2.34. The molecule has 7 nitrogen and oxygen atoms in total. The van der Waals surface area contributed by atoms with Gasteiger partial charge in [-0.3, -0.25) is 19.7 Å². The molecule has 2 rings (SSSR count). The number of amides is 1. The van der Waals surface area contributed by atoms with Gasteiger partial charge >= 0.3 is 5.97 Å². The van der Waals surface area contributed by atoms with Crippen molar-refractivity contribution in [2.75, 3.05) is 5.32 Å². The van der Waals surface area contributed by atoms with E-state index < -0.39 is 28.6 Å². The lowest BCUT2D eigenvalue weighted by Gasteiger charge is -2.25. The van der Waals surface area contributed by atoms with Gasteiger partial charge < -0.3 is 10.4 Å². The Morgan fingerprint density at radius 3 is 2.70 bits per heavy atom. The lowest BCUT2D eigenvalue weighted by atomic mass is 9.82. The summed E-state index contributed by atoms with van der Waals surface area (Å²) in [7, 11) is 0. The van der Waals surface area contributed by atoms with Gasteiger partial charge in [-0.15, -0.1) is 0 Å². The average molecular weight is 339 g/mol. The predicted octanol–water partition coefficient (Wildman–Crippen LogP) is 3.08. The Morgan fingerprint density at radius 1 is 1.39 bits per heavy atom. The summed E-state index contributed by atoms with van der Waals surface area (Å²) in [6.07, 6.45) is 1.84. The number of carbonyl (C=O) groups is 2. The Bertz CT molecular complexity index is 701. The van der Waals surface area contributed by atoms with E-state index in [-0.39, 0.29) is 24.2 Å². The molecule has 0 heterocycles. The maximum atomic E-state index is 12.4. The van der Waals surface area contributed by atoms with Gasteiger partial charge in [-0.2, -0.15) is 0 Å². The third-order valence-corrected chi connectivity index (χ3v) is 4.06. The number of carboxylic acid groups (broad SMARTS) is 1. The highest BCUT2D eigenvalue weighted by Gasteiger charge is 2.36.